The molecule has 1 heterocycles. The van der Waals surface area contributed by atoms with Crippen LogP contribution in [0.2, 0.25) is 0 Å². The van der Waals surface area contributed by atoms with Crippen molar-refractivity contribution < 1.29 is 22.6 Å². The Hall–Kier alpha value is -1.77. The van der Waals surface area contributed by atoms with Crippen LogP contribution in [0.5, 0.6) is 0 Å². The Labute approximate surface area is 131 Å². The molecular formula is C13H11ClN2O5S. The third-order valence-corrected chi connectivity index (χ3v) is 5.37. The van der Waals surface area contributed by atoms with Crippen molar-refractivity contribution in [1.82, 2.24) is 4.90 Å². The fourth-order valence-corrected chi connectivity index (χ4v) is 4.29. The summed E-state index contributed by atoms with van der Waals surface area (Å²) in [5.74, 6) is -0.390. The van der Waals surface area contributed by atoms with E-state index in [2.05, 4.69) is 4.99 Å². The van der Waals surface area contributed by atoms with Gasteiger partial charge in [0.1, 0.15) is 11.4 Å². The molecule has 1 N–H and O–H groups in total. The van der Waals surface area contributed by atoms with Crippen molar-refractivity contribution in [3.8, 4) is 0 Å². The minimum atomic E-state index is -4.68. The Bertz CT molecular complexity index is 791. The van der Waals surface area contributed by atoms with Crippen LogP contribution in [0.1, 0.15) is 15.9 Å². The lowest BCUT2D eigenvalue weighted by atomic mass is 10.1. The monoisotopic (exact) mass is 342 g/mol. The number of nitrogens with zero attached hydrogens (tertiary/aromatic N) is 2. The Morgan fingerprint density at radius 3 is 2.59 bits per heavy atom. The Morgan fingerprint density at radius 1 is 1.27 bits per heavy atom. The molecule has 2 amide bonds. The van der Waals surface area contributed by atoms with Gasteiger partial charge in [-0.2, -0.15) is 8.42 Å². The van der Waals surface area contributed by atoms with E-state index in [1.165, 1.54) is 0 Å². The van der Waals surface area contributed by atoms with Crippen LogP contribution in [-0.4, -0.2) is 52.7 Å². The summed E-state index contributed by atoms with van der Waals surface area (Å²) in [5, 5.41) is -2.97. The first-order valence-corrected chi connectivity index (χ1v) is 8.33. The van der Waals surface area contributed by atoms with Crippen LogP contribution in [0.25, 0.3) is 0 Å². The number of halogens is 1. The molecule has 0 fully saturated rings. The first-order chi connectivity index (χ1) is 10.3. The van der Waals surface area contributed by atoms with E-state index in [1.807, 2.05) is 0 Å². The number of carbonyl (C=O) groups excluding carboxylic acids is 2. The molecule has 0 aromatic heterocycles. The van der Waals surface area contributed by atoms with Gasteiger partial charge in [0, 0.05) is 18.2 Å². The predicted octanol–water partition coefficient (Wildman–Crippen LogP) is 1.12. The zero-order valence-electron chi connectivity index (χ0n) is 11.1. The molecule has 0 bridgehead atoms. The molecule has 3 rings (SSSR count). The number of amides is 2. The third-order valence-electron chi connectivity index (χ3n) is 3.73. The zero-order chi connectivity index (χ0) is 16.1. The maximum atomic E-state index is 12.5. The van der Waals surface area contributed by atoms with Crippen LogP contribution in [0.4, 0.5) is 4.79 Å². The second-order valence-electron chi connectivity index (χ2n) is 5.06. The number of hydrogen-bond donors (Lipinski definition) is 1. The summed E-state index contributed by atoms with van der Waals surface area (Å²) < 4.78 is 32.6. The molecular weight excluding hydrogens is 332 g/mol. The van der Waals surface area contributed by atoms with Gasteiger partial charge >= 0.3 is 6.03 Å². The molecule has 9 heteroatoms. The Kier molecular flexibility index (Phi) is 3.54. The highest BCUT2D eigenvalue weighted by Crippen LogP contribution is 2.31. The van der Waals surface area contributed by atoms with Gasteiger partial charge in [-0.25, -0.2) is 9.79 Å². The summed E-state index contributed by atoms with van der Waals surface area (Å²) >= 11 is 5.87. The molecule has 3 unspecified atom stereocenters. The van der Waals surface area contributed by atoms with E-state index in [1.54, 1.807) is 24.3 Å². The van der Waals surface area contributed by atoms with Crippen molar-refractivity contribution in [3.05, 3.63) is 35.4 Å². The van der Waals surface area contributed by atoms with Crippen molar-refractivity contribution in [2.75, 3.05) is 0 Å². The van der Waals surface area contributed by atoms with Gasteiger partial charge in [0.25, 0.3) is 10.1 Å². The summed E-state index contributed by atoms with van der Waals surface area (Å²) in [7, 11) is -4.68. The summed E-state index contributed by atoms with van der Waals surface area (Å²) in [6.07, 6.45) is 1.11. The summed E-state index contributed by atoms with van der Waals surface area (Å²) in [5.41, 5.74) is 1.13. The van der Waals surface area contributed by atoms with Gasteiger partial charge < -0.3 is 0 Å². The van der Waals surface area contributed by atoms with Crippen molar-refractivity contribution in [3.63, 3.8) is 0 Å². The lowest BCUT2D eigenvalue weighted by molar-refractivity contribution is 0.0861. The number of Topliss-reactive ketones (excluding diaryl/α,β-unsaturated/α-hetero) is 1. The number of ketones is 1. The number of carbonyl (C=O) groups is 2. The molecule has 1 aromatic carbocycles. The largest absolute Gasteiger partial charge is 0.345 e. The number of hydrogen-bond acceptors (Lipinski definition) is 4. The molecule has 3 atom stereocenters. The van der Waals surface area contributed by atoms with E-state index in [0.29, 0.717) is 11.1 Å². The molecule has 0 saturated carbocycles. The Morgan fingerprint density at radius 2 is 1.95 bits per heavy atom. The van der Waals surface area contributed by atoms with Crippen molar-refractivity contribution >= 4 is 39.7 Å². The minimum Gasteiger partial charge on any atom is -0.292 e. The van der Waals surface area contributed by atoms with Gasteiger partial charge in [0.15, 0.2) is 11.2 Å². The zero-order valence-corrected chi connectivity index (χ0v) is 12.7. The second-order valence-corrected chi connectivity index (χ2v) is 7.08. The van der Waals surface area contributed by atoms with Gasteiger partial charge in [-0.1, -0.05) is 24.3 Å². The van der Waals surface area contributed by atoms with Crippen LogP contribution in [0.3, 0.4) is 0 Å². The van der Waals surface area contributed by atoms with E-state index < -0.39 is 38.7 Å². The average Bonchev–Trinajstić information content (AvgIpc) is 2.77. The van der Waals surface area contributed by atoms with E-state index in [-0.39, 0.29) is 6.42 Å². The molecule has 116 valence electrons. The van der Waals surface area contributed by atoms with Gasteiger partial charge in [0.2, 0.25) is 0 Å². The highest BCUT2D eigenvalue weighted by Gasteiger charge is 2.48. The SMILES string of the molecule is O=C1c2ccccc2CC1N1C(=O)N=CC(Cl)C1S(=O)(=O)O. The number of benzene rings is 1. The van der Waals surface area contributed by atoms with Crippen LogP contribution in [-0.2, 0) is 16.5 Å². The van der Waals surface area contributed by atoms with E-state index in [9.17, 15) is 22.6 Å². The first-order valence-electron chi connectivity index (χ1n) is 6.39. The fourth-order valence-electron chi connectivity index (χ4n) is 2.80. The topological polar surface area (TPSA) is 104 Å². The smallest absolute Gasteiger partial charge is 0.292 e. The third kappa shape index (κ3) is 2.33. The molecule has 0 spiro atoms. The maximum Gasteiger partial charge on any atom is 0.345 e. The lowest BCUT2D eigenvalue weighted by Gasteiger charge is -2.35. The quantitative estimate of drug-likeness (QED) is 0.640. The maximum absolute atomic E-state index is 12.5. The summed E-state index contributed by atoms with van der Waals surface area (Å²) in [6, 6.07) is 4.80. The van der Waals surface area contributed by atoms with E-state index >= 15 is 0 Å². The molecule has 1 aromatic rings. The number of alkyl halides is 1. The van der Waals surface area contributed by atoms with Crippen LogP contribution in [0, 0.1) is 0 Å². The fraction of sp³-hybridized carbons (Fsp3) is 0.308. The number of fused-ring (bicyclic) bond motifs is 1. The van der Waals surface area contributed by atoms with Crippen molar-refractivity contribution in [1.29, 1.82) is 0 Å². The first kappa shape index (κ1) is 15.1. The highest BCUT2D eigenvalue weighted by molar-refractivity contribution is 7.86. The molecule has 22 heavy (non-hydrogen) atoms. The van der Waals surface area contributed by atoms with Gasteiger partial charge in [-0.15, -0.1) is 11.6 Å². The second kappa shape index (κ2) is 5.15. The van der Waals surface area contributed by atoms with Crippen LogP contribution in [0.15, 0.2) is 29.3 Å². The Balaban J connectivity index is 2.05. The molecule has 0 saturated heterocycles. The van der Waals surface area contributed by atoms with Crippen LogP contribution >= 0.6 is 11.6 Å². The number of rotatable bonds is 2. The molecule has 7 nitrogen and oxygen atoms in total. The van der Waals surface area contributed by atoms with Crippen molar-refractivity contribution in [2.45, 2.75) is 23.2 Å². The number of urea groups is 1. The average molecular weight is 343 g/mol. The molecule has 2 aliphatic rings. The molecule has 0 radical (unpaired) electrons. The minimum absolute atomic E-state index is 0.159. The van der Waals surface area contributed by atoms with Gasteiger partial charge in [0.05, 0.1) is 0 Å². The predicted molar refractivity (Wildman–Crippen MR) is 79.0 cm³/mol. The van der Waals surface area contributed by atoms with Gasteiger partial charge in [-0.3, -0.25) is 14.2 Å². The summed E-state index contributed by atoms with van der Waals surface area (Å²) in [4.78, 5) is 28.7. The molecule has 1 aliphatic heterocycles. The standard InChI is InChI=1S/C13H11ClN2O5S/c14-9-6-15-13(18)16(12(9)22(19,20)21)10-5-7-3-1-2-4-8(7)11(10)17/h1-4,6,9-10,12H,5H2,(H,19,20,21). The van der Waals surface area contributed by atoms with Gasteiger partial charge in [-0.05, 0) is 5.56 Å². The van der Waals surface area contributed by atoms with E-state index in [0.717, 1.165) is 11.1 Å². The number of aliphatic imine (C=N–C) groups is 1. The van der Waals surface area contributed by atoms with Crippen LogP contribution < -0.4 is 0 Å². The lowest BCUT2D eigenvalue weighted by Crippen LogP contribution is -2.58. The van der Waals surface area contributed by atoms with Crippen molar-refractivity contribution in [2.24, 2.45) is 4.99 Å². The molecule has 1 aliphatic carbocycles. The van der Waals surface area contributed by atoms with E-state index in [4.69, 9.17) is 11.6 Å². The highest BCUT2D eigenvalue weighted by atomic mass is 35.5. The normalized spacial score (nSPS) is 28.1. The summed E-state index contributed by atoms with van der Waals surface area (Å²) in [6.45, 7) is 0.